The molecule has 1 saturated heterocycles. The molecule has 3 nitrogen and oxygen atoms in total. The number of ether oxygens (including phenoxy) is 1. The van der Waals surface area contributed by atoms with Crippen molar-refractivity contribution >= 4 is 29.1 Å². The van der Waals surface area contributed by atoms with E-state index in [9.17, 15) is 4.79 Å². The first-order valence-corrected chi connectivity index (χ1v) is 8.81. The van der Waals surface area contributed by atoms with Crippen LogP contribution in [-0.2, 0) is 9.53 Å². The molecule has 0 aromatic heterocycles. The summed E-state index contributed by atoms with van der Waals surface area (Å²) in [6.45, 7) is 3.73. The molecule has 1 fully saturated rings. The highest BCUT2D eigenvalue weighted by molar-refractivity contribution is 6.30. The van der Waals surface area contributed by atoms with Crippen LogP contribution in [0.15, 0.2) is 61.2 Å². The first-order valence-electron chi connectivity index (χ1n) is 8.05. The number of rotatable bonds is 4. The fourth-order valence-corrected chi connectivity index (χ4v) is 3.41. The van der Waals surface area contributed by atoms with Gasteiger partial charge in [0.15, 0.2) is 0 Å². The van der Waals surface area contributed by atoms with Gasteiger partial charge in [-0.3, -0.25) is 4.79 Å². The zero-order valence-electron chi connectivity index (χ0n) is 13.9. The second kappa shape index (κ2) is 7.61. The highest BCUT2D eigenvalue weighted by Crippen LogP contribution is 2.42. The highest BCUT2D eigenvalue weighted by Gasteiger charge is 2.41. The Bertz CT molecular complexity index is 758. The summed E-state index contributed by atoms with van der Waals surface area (Å²) in [6.07, 6.45) is 1.34. The molecule has 0 radical (unpaired) electrons. The number of morpholine rings is 1. The summed E-state index contributed by atoms with van der Waals surface area (Å²) in [6, 6.07) is 14.8. The molecule has 0 spiro atoms. The van der Waals surface area contributed by atoms with Crippen LogP contribution in [0.3, 0.4) is 0 Å². The van der Waals surface area contributed by atoms with E-state index >= 15 is 0 Å². The molecular weight excluding hydrogens is 357 g/mol. The van der Waals surface area contributed by atoms with Gasteiger partial charge in [0.2, 0.25) is 0 Å². The number of hydrogen-bond donors (Lipinski definition) is 0. The Hall–Kier alpha value is -1.81. The third kappa shape index (κ3) is 3.74. The summed E-state index contributed by atoms with van der Waals surface area (Å²) >= 11 is 12.0. The van der Waals surface area contributed by atoms with Crippen molar-refractivity contribution in [3.8, 4) is 0 Å². The number of amides is 1. The third-order valence-electron chi connectivity index (χ3n) is 4.43. The van der Waals surface area contributed by atoms with Crippen LogP contribution in [-0.4, -0.2) is 24.0 Å². The van der Waals surface area contributed by atoms with Gasteiger partial charge in [0.1, 0.15) is 12.2 Å². The van der Waals surface area contributed by atoms with Gasteiger partial charge in [0, 0.05) is 23.5 Å². The molecule has 3 atom stereocenters. The number of carbonyl (C=O) groups is 1. The first-order chi connectivity index (χ1) is 12.0. The minimum absolute atomic E-state index is 0.0509. The van der Waals surface area contributed by atoms with Crippen LogP contribution < -0.4 is 0 Å². The van der Waals surface area contributed by atoms with Crippen LogP contribution in [0.2, 0.25) is 10.0 Å². The van der Waals surface area contributed by atoms with Crippen LogP contribution in [0.5, 0.6) is 0 Å². The Morgan fingerprint density at radius 1 is 1.04 bits per heavy atom. The van der Waals surface area contributed by atoms with E-state index in [0.29, 0.717) is 16.5 Å². The summed E-state index contributed by atoms with van der Waals surface area (Å²) in [5.74, 6) is -0.0509. The van der Waals surface area contributed by atoms with Crippen molar-refractivity contribution in [1.82, 2.24) is 4.90 Å². The Labute approximate surface area is 157 Å². The first kappa shape index (κ1) is 18.0. The molecule has 1 aliphatic heterocycles. The molecule has 1 aliphatic rings. The second-order valence-corrected chi connectivity index (χ2v) is 6.94. The number of halogens is 2. The summed E-state index contributed by atoms with van der Waals surface area (Å²) in [4.78, 5) is 14.5. The van der Waals surface area contributed by atoms with Gasteiger partial charge in [-0.15, -0.1) is 6.58 Å². The van der Waals surface area contributed by atoms with Crippen molar-refractivity contribution in [1.29, 1.82) is 0 Å². The van der Waals surface area contributed by atoms with E-state index in [2.05, 4.69) is 6.58 Å². The SMILES string of the molecule is C=CCC1O[C@H](c2ccc(Cl)cc2)C(c2ccc(Cl)cc2)N(C)C1=O. The molecule has 2 aromatic rings. The summed E-state index contributed by atoms with van der Waals surface area (Å²) in [5.41, 5.74) is 1.94. The van der Waals surface area contributed by atoms with Gasteiger partial charge in [0.25, 0.3) is 5.91 Å². The fourth-order valence-electron chi connectivity index (χ4n) is 3.16. The van der Waals surface area contributed by atoms with Gasteiger partial charge in [-0.1, -0.05) is 53.5 Å². The van der Waals surface area contributed by atoms with Crippen LogP contribution in [0, 0.1) is 0 Å². The largest absolute Gasteiger partial charge is 0.358 e. The van der Waals surface area contributed by atoms with Gasteiger partial charge in [-0.05, 0) is 35.4 Å². The maximum atomic E-state index is 12.7. The monoisotopic (exact) mass is 375 g/mol. The minimum atomic E-state index is -0.535. The minimum Gasteiger partial charge on any atom is -0.358 e. The molecule has 0 aliphatic carbocycles. The zero-order chi connectivity index (χ0) is 18.0. The van der Waals surface area contributed by atoms with Crippen molar-refractivity contribution in [3.05, 3.63) is 82.4 Å². The number of likely N-dealkylation sites (N-methyl/N-ethyl adjacent to an activating group) is 1. The molecule has 0 N–H and O–H groups in total. The van der Waals surface area contributed by atoms with E-state index in [0.717, 1.165) is 11.1 Å². The van der Waals surface area contributed by atoms with Gasteiger partial charge < -0.3 is 9.64 Å². The molecule has 2 unspecified atom stereocenters. The lowest BCUT2D eigenvalue weighted by Gasteiger charge is -2.43. The number of carbonyl (C=O) groups excluding carboxylic acids is 1. The standard InChI is InChI=1S/C20H19Cl2NO2/c1-3-4-17-20(24)23(2)18(13-5-9-15(21)10-6-13)19(25-17)14-7-11-16(22)12-8-14/h3,5-12,17-19H,1,4H2,2H3/t17?,18?,19-/m1/s1. The maximum Gasteiger partial charge on any atom is 0.252 e. The van der Waals surface area contributed by atoms with Crippen molar-refractivity contribution in [2.45, 2.75) is 24.7 Å². The number of nitrogens with zero attached hydrogens (tertiary/aromatic N) is 1. The lowest BCUT2D eigenvalue weighted by atomic mass is 9.91. The molecular formula is C20H19Cl2NO2. The highest BCUT2D eigenvalue weighted by atomic mass is 35.5. The van der Waals surface area contributed by atoms with Gasteiger partial charge in [0.05, 0.1) is 6.04 Å². The van der Waals surface area contributed by atoms with Gasteiger partial charge in [-0.25, -0.2) is 0 Å². The Balaban J connectivity index is 2.03. The smallest absolute Gasteiger partial charge is 0.252 e. The second-order valence-electron chi connectivity index (χ2n) is 6.07. The van der Waals surface area contributed by atoms with Crippen molar-refractivity contribution < 1.29 is 9.53 Å². The Morgan fingerprint density at radius 2 is 1.56 bits per heavy atom. The summed E-state index contributed by atoms with van der Waals surface area (Å²) in [7, 11) is 1.81. The predicted molar refractivity (Wildman–Crippen MR) is 101 cm³/mol. The van der Waals surface area contributed by atoms with Crippen LogP contribution in [0.4, 0.5) is 0 Å². The molecule has 2 aromatic carbocycles. The normalized spacial score (nSPS) is 23.6. The van der Waals surface area contributed by atoms with Crippen molar-refractivity contribution in [2.24, 2.45) is 0 Å². The maximum absolute atomic E-state index is 12.7. The van der Waals surface area contributed by atoms with E-state index in [1.807, 2.05) is 55.6 Å². The van der Waals surface area contributed by atoms with E-state index in [4.69, 9.17) is 27.9 Å². The van der Waals surface area contributed by atoms with Crippen LogP contribution in [0.25, 0.3) is 0 Å². The molecule has 5 heteroatoms. The van der Waals surface area contributed by atoms with E-state index in [-0.39, 0.29) is 18.1 Å². The van der Waals surface area contributed by atoms with E-state index in [1.165, 1.54) is 0 Å². The average Bonchev–Trinajstić information content (AvgIpc) is 2.61. The number of benzene rings is 2. The average molecular weight is 376 g/mol. The molecule has 1 heterocycles. The Morgan fingerprint density at radius 3 is 2.08 bits per heavy atom. The number of hydrogen-bond acceptors (Lipinski definition) is 2. The Kier molecular flexibility index (Phi) is 5.48. The van der Waals surface area contributed by atoms with Gasteiger partial charge >= 0.3 is 0 Å². The van der Waals surface area contributed by atoms with Gasteiger partial charge in [-0.2, -0.15) is 0 Å². The third-order valence-corrected chi connectivity index (χ3v) is 4.93. The quantitative estimate of drug-likeness (QED) is 0.686. The molecule has 0 saturated carbocycles. The summed E-state index contributed by atoms with van der Waals surface area (Å²) < 4.78 is 6.19. The van der Waals surface area contributed by atoms with Crippen molar-refractivity contribution in [2.75, 3.05) is 7.05 Å². The lowest BCUT2D eigenvalue weighted by Crippen LogP contribution is -2.48. The summed E-state index contributed by atoms with van der Waals surface area (Å²) in [5, 5.41) is 1.32. The predicted octanol–water partition coefficient (Wildman–Crippen LogP) is 5.21. The van der Waals surface area contributed by atoms with Crippen LogP contribution in [0.1, 0.15) is 29.7 Å². The molecule has 0 bridgehead atoms. The zero-order valence-corrected chi connectivity index (χ0v) is 15.4. The topological polar surface area (TPSA) is 29.5 Å². The molecule has 3 rings (SSSR count). The molecule has 25 heavy (non-hydrogen) atoms. The van der Waals surface area contributed by atoms with E-state index in [1.54, 1.807) is 11.0 Å². The fraction of sp³-hybridized carbons (Fsp3) is 0.250. The van der Waals surface area contributed by atoms with Crippen LogP contribution >= 0.6 is 23.2 Å². The lowest BCUT2D eigenvalue weighted by molar-refractivity contribution is -0.170. The molecule has 130 valence electrons. The van der Waals surface area contributed by atoms with E-state index < -0.39 is 6.10 Å². The van der Waals surface area contributed by atoms with Crippen molar-refractivity contribution in [3.63, 3.8) is 0 Å². The molecule has 1 amide bonds.